The summed E-state index contributed by atoms with van der Waals surface area (Å²) in [5, 5.41) is 11.5. The quantitative estimate of drug-likeness (QED) is 0.302. The first kappa shape index (κ1) is 27.7. The molecule has 4 atom stereocenters. The maximum absolute atomic E-state index is 16.6. The minimum atomic E-state index is -0.926. The van der Waals surface area contributed by atoms with Crippen LogP contribution in [0.25, 0.3) is 32.9 Å². The molecule has 1 N–H and O–H groups in total. The number of anilines is 1. The van der Waals surface area contributed by atoms with Crippen molar-refractivity contribution in [3.63, 3.8) is 0 Å². The molecule has 7 rings (SSSR count). The minimum Gasteiger partial charge on any atom is -0.508 e. The standard InChI is InChI=1S/C32H30F3N5O3/c1-4-20-23(34)7-6-17-10-19(41)11-21(26(17)20)28-27(35)29-22(14-36-28)30(39(2)24-12-25(24)42-3)38-31(37-29)43-16-32-8-5-9-40(32)15-18(33)13-32/h1,6-7,10-11,14,18,24-25,41H,5,8-9,12-13,15-16H2,2-3H3/t18-,24?,25?,32+/m1/s1. The summed E-state index contributed by atoms with van der Waals surface area (Å²) in [6, 6.07) is 5.38. The highest BCUT2D eigenvalue weighted by Gasteiger charge is 2.49. The Hall–Kier alpha value is -4.14. The van der Waals surface area contributed by atoms with Gasteiger partial charge in [0.25, 0.3) is 0 Å². The molecule has 0 radical (unpaired) electrons. The average molecular weight is 590 g/mol. The molecule has 4 heterocycles. The molecule has 222 valence electrons. The number of nitrogens with zero attached hydrogens (tertiary/aromatic N) is 5. The monoisotopic (exact) mass is 589 g/mol. The highest BCUT2D eigenvalue weighted by atomic mass is 19.1. The van der Waals surface area contributed by atoms with Gasteiger partial charge in [0.05, 0.1) is 28.6 Å². The van der Waals surface area contributed by atoms with Gasteiger partial charge in [-0.1, -0.05) is 12.0 Å². The Balaban J connectivity index is 1.37. The van der Waals surface area contributed by atoms with E-state index in [2.05, 4.69) is 25.8 Å². The van der Waals surface area contributed by atoms with E-state index in [-0.39, 0.29) is 58.2 Å². The predicted octanol–water partition coefficient (Wildman–Crippen LogP) is 4.99. The Bertz CT molecular complexity index is 1810. The highest BCUT2D eigenvalue weighted by molar-refractivity contribution is 6.03. The Labute approximate surface area is 246 Å². The fourth-order valence-electron chi connectivity index (χ4n) is 6.92. The summed E-state index contributed by atoms with van der Waals surface area (Å²) in [6.45, 7) is 1.35. The summed E-state index contributed by atoms with van der Waals surface area (Å²) in [5.41, 5.74) is -0.605. The molecule has 0 spiro atoms. The number of halogens is 3. The van der Waals surface area contributed by atoms with Crippen molar-refractivity contribution in [3.05, 3.63) is 47.7 Å². The van der Waals surface area contributed by atoms with Crippen LogP contribution in [-0.2, 0) is 4.74 Å². The molecule has 4 aromatic rings. The highest BCUT2D eigenvalue weighted by Crippen LogP contribution is 2.42. The van der Waals surface area contributed by atoms with Crippen LogP contribution < -0.4 is 9.64 Å². The molecule has 0 bridgehead atoms. The minimum absolute atomic E-state index is 0.00175. The molecule has 3 fully saturated rings. The summed E-state index contributed by atoms with van der Waals surface area (Å²) >= 11 is 0. The van der Waals surface area contributed by atoms with E-state index in [9.17, 15) is 13.9 Å². The summed E-state index contributed by atoms with van der Waals surface area (Å²) in [4.78, 5) is 17.6. The molecule has 3 aliphatic rings. The second-order valence-corrected chi connectivity index (χ2v) is 11.7. The number of ether oxygens (including phenoxy) is 2. The second-order valence-electron chi connectivity index (χ2n) is 11.7. The number of alkyl halides is 1. The van der Waals surface area contributed by atoms with Crippen LogP contribution >= 0.6 is 0 Å². The van der Waals surface area contributed by atoms with Crippen molar-refractivity contribution in [2.45, 2.75) is 49.5 Å². The van der Waals surface area contributed by atoms with E-state index in [4.69, 9.17) is 15.9 Å². The van der Waals surface area contributed by atoms with Gasteiger partial charge in [-0.2, -0.15) is 9.97 Å². The van der Waals surface area contributed by atoms with Crippen molar-refractivity contribution in [2.24, 2.45) is 0 Å². The Kier molecular flexibility index (Phi) is 6.59. The third kappa shape index (κ3) is 4.51. The van der Waals surface area contributed by atoms with E-state index in [1.54, 1.807) is 7.11 Å². The Morgan fingerprint density at radius 3 is 2.86 bits per heavy atom. The molecular formula is C32H30F3N5O3. The third-order valence-electron chi connectivity index (χ3n) is 9.16. The molecule has 2 saturated heterocycles. The van der Waals surface area contributed by atoms with Gasteiger partial charge in [0, 0.05) is 44.3 Å². The number of fused-ring (bicyclic) bond motifs is 3. The first-order chi connectivity index (χ1) is 20.7. The molecule has 43 heavy (non-hydrogen) atoms. The maximum Gasteiger partial charge on any atom is 0.319 e. The molecule has 8 nitrogen and oxygen atoms in total. The molecular weight excluding hydrogens is 559 g/mol. The van der Waals surface area contributed by atoms with Gasteiger partial charge >= 0.3 is 6.01 Å². The number of methoxy groups -OCH3 is 1. The summed E-state index contributed by atoms with van der Waals surface area (Å²) in [5.74, 6) is 1.15. The van der Waals surface area contributed by atoms with Gasteiger partial charge in [0.2, 0.25) is 0 Å². The number of likely N-dealkylation sites (N-methyl/N-ethyl adjacent to an activating group) is 1. The van der Waals surface area contributed by atoms with Gasteiger partial charge in [-0.05, 0) is 49.4 Å². The van der Waals surface area contributed by atoms with Crippen molar-refractivity contribution in [1.82, 2.24) is 19.9 Å². The molecule has 2 aromatic carbocycles. The average Bonchev–Trinajstić information content (AvgIpc) is 3.59. The van der Waals surface area contributed by atoms with E-state index in [1.807, 2.05) is 11.9 Å². The maximum atomic E-state index is 16.6. The topological polar surface area (TPSA) is 83.8 Å². The number of hydrogen-bond donors (Lipinski definition) is 1. The first-order valence-electron chi connectivity index (χ1n) is 14.3. The van der Waals surface area contributed by atoms with Crippen molar-refractivity contribution < 1.29 is 27.8 Å². The third-order valence-corrected chi connectivity index (χ3v) is 9.16. The number of aromatic hydroxyl groups is 1. The summed E-state index contributed by atoms with van der Waals surface area (Å²) in [6.07, 6.45) is 9.06. The molecule has 2 aromatic heterocycles. The fraction of sp³-hybridized carbons (Fsp3) is 0.406. The van der Waals surface area contributed by atoms with E-state index < -0.39 is 23.3 Å². The number of phenols is 1. The van der Waals surface area contributed by atoms with Crippen LogP contribution in [0, 0.1) is 24.0 Å². The number of pyridine rings is 1. The van der Waals surface area contributed by atoms with E-state index >= 15 is 4.39 Å². The van der Waals surface area contributed by atoms with Gasteiger partial charge in [-0.3, -0.25) is 9.88 Å². The SMILES string of the molecule is C#Cc1c(F)ccc2cc(O)cc(-c3ncc4c(N(C)C5CC5OC)nc(OC[C@@]56CCCN5C[C@H](F)C6)nc4c3F)c12. The zero-order valence-corrected chi connectivity index (χ0v) is 23.8. The zero-order valence-electron chi connectivity index (χ0n) is 23.8. The van der Waals surface area contributed by atoms with Gasteiger partial charge in [-0.15, -0.1) is 6.42 Å². The number of terminal acetylenes is 1. The van der Waals surface area contributed by atoms with Crippen molar-refractivity contribution in [1.29, 1.82) is 0 Å². The van der Waals surface area contributed by atoms with Crippen LogP contribution in [-0.4, -0.2) is 82.7 Å². The van der Waals surface area contributed by atoms with E-state index in [1.165, 1.54) is 30.5 Å². The molecule has 1 aliphatic carbocycles. The largest absolute Gasteiger partial charge is 0.508 e. The lowest BCUT2D eigenvalue weighted by molar-refractivity contribution is 0.107. The van der Waals surface area contributed by atoms with Crippen LogP contribution in [0.1, 0.15) is 31.2 Å². The number of rotatable bonds is 7. The lowest BCUT2D eigenvalue weighted by Crippen LogP contribution is -2.43. The molecule has 2 unspecified atom stereocenters. The smallest absolute Gasteiger partial charge is 0.319 e. The van der Waals surface area contributed by atoms with Crippen molar-refractivity contribution in [2.75, 3.05) is 38.8 Å². The fourth-order valence-corrected chi connectivity index (χ4v) is 6.92. The van der Waals surface area contributed by atoms with Crippen molar-refractivity contribution >= 4 is 27.5 Å². The van der Waals surface area contributed by atoms with Gasteiger partial charge in [0.1, 0.15) is 41.4 Å². The lowest BCUT2D eigenvalue weighted by Gasteiger charge is -2.31. The van der Waals surface area contributed by atoms with Crippen molar-refractivity contribution in [3.8, 4) is 35.4 Å². The van der Waals surface area contributed by atoms with Crippen LogP contribution in [0.5, 0.6) is 11.8 Å². The second kappa shape index (κ2) is 10.2. The Morgan fingerprint density at radius 1 is 1.26 bits per heavy atom. The summed E-state index contributed by atoms with van der Waals surface area (Å²) < 4.78 is 57.4. The van der Waals surface area contributed by atoms with Crippen LogP contribution in [0.2, 0.25) is 0 Å². The summed E-state index contributed by atoms with van der Waals surface area (Å²) in [7, 11) is 3.48. The molecule has 11 heteroatoms. The van der Waals surface area contributed by atoms with E-state index in [0.29, 0.717) is 29.6 Å². The van der Waals surface area contributed by atoms with Crippen LogP contribution in [0.3, 0.4) is 0 Å². The molecule has 1 saturated carbocycles. The van der Waals surface area contributed by atoms with Crippen LogP contribution in [0.15, 0.2) is 30.5 Å². The predicted molar refractivity (Wildman–Crippen MR) is 156 cm³/mol. The van der Waals surface area contributed by atoms with Gasteiger partial charge in [-0.25, -0.2) is 13.2 Å². The normalized spacial score (nSPS) is 24.8. The van der Waals surface area contributed by atoms with Gasteiger partial charge in [0.15, 0.2) is 5.82 Å². The van der Waals surface area contributed by atoms with Gasteiger partial charge < -0.3 is 19.5 Å². The number of phenolic OH excluding ortho intramolecular Hbond substituents is 1. The lowest BCUT2D eigenvalue weighted by atomic mass is 9.95. The molecule has 0 amide bonds. The number of benzene rings is 2. The van der Waals surface area contributed by atoms with Crippen LogP contribution in [0.4, 0.5) is 19.0 Å². The zero-order chi connectivity index (χ0) is 30.0. The number of hydrogen-bond acceptors (Lipinski definition) is 8. The molecule has 2 aliphatic heterocycles. The Morgan fingerprint density at radius 2 is 2.09 bits per heavy atom. The van der Waals surface area contributed by atoms with E-state index in [0.717, 1.165) is 25.8 Å². The first-order valence-corrected chi connectivity index (χ1v) is 14.3. The number of aromatic nitrogens is 3.